The topological polar surface area (TPSA) is 3.24 Å². The van der Waals surface area contributed by atoms with Crippen LogP contribution in [-0.4, -0.2) is 18.0 Å². The Balaban J connectivity index is 2.48. The van der Waals surface area contributed by atoms with Crippen molar-refractivity contribution in [3.63, 3.8) is 0 Å². The van der Waals surface area contributed by atoms with E-state index in [1.807, 2.05) is 6.08 Å². The van der Waals surface area contributed by atoms with Crippen LogP contribution in [0.15, 0.2) is 36.6 Å². The summed E-state index contributed by atoms with van der Waals surface area (Å²) in [6.07, 6.45) is 6.84. The SMILES string of the molecule is C=CCN(CC=C(C)C)C(=C)C1CC1. The second-order valence-corrected chi connectivity index (χ2v) is 4.24. The first-order chi connectivity index (χ1) is 6.65. The maximum Gasteiger partial charge on any atom is 0.0362 e. The van der Waals surface area contributed by atoms with Gasteiger partial charge in [-0.3, -0.25) is 0 Å². The van der Waals surface area contributed by atoms with E-state index in [0.717, 1.165) is 19.0 Å². The third-order valence-corrected chi connectivity index (χ3v) is 2.52. The molecule has 0 unspecified atom stereocenters. The van der Waals surface area contributed by atoms with Crippen molar-refractivity contribution in [3.8, 4) is 0 Å². The highest BCUT2D eigenvalue weighted by molar-refractivity contribution is 5.10. The van der Waals surface area contributed by atoms with Crippen molar-refractivity contribution in [2.24, 2.45) is 5.92 Å². The number of allylic oxidation sites excluding steroid dienone is 2. The van der Waals surface area contributed by atoms with E-state index in [9.17, 15) is 0 Å². The summed E-state index contributed by atoms with van der Waals surface area (Å²) in [6, 6.07) is 0. The zero-order valence-corrected chi connectivity index (χ0v) is 9.42. The van der Waals surface area contributed by atoms with Crippen molar-refractivity contribution in [2.45, 2.75) is 26.7 Å². The zero-order valence-electron chi connectivity index (χ0n) is 9.42. The summed E-state index contributed by atoms with van der Waals surface area (Å²) in [7, 11) is 0. The lowest BCUT2D eigenvalue weighted by atomic mass is 10.2. The summed E-state index contributed by atoms with van der Waals surface area (Å²) in [4.78, 5) is 2.32. The monoisotopic (exact) mass is 191 g/mol. The molecule has 0 spiro atoms. The summed E-state index contributed by atoms with van der Waals surface area (Å²) in [6.45, 7) is 14.1. The van der Waals surface area contributed by atoms with Gasteiger partial charge in [-0.05, 0) is 32.6 Å². The maximum atomic E-state index is 4.16. The minimum Gasteiger partial charge on any atom is -0.368 e. The standard InChI is InChI=1S/C13H21N/c1-5-9-14(10-8-11(2)3)12(4)13-6-7-13/h5,8,13H,1,4,6-7,9-10H2,2-3H3. The van der Waals surface area contributed by atoms with Gasteiger partial charge in [0.15, 0.2) is 0 Å². The molecule has 0 heterocycles. The molecule has 78 valence electrons. The van der Waals surface area contributed by atoms with E-state index in [2.05, 4.69) is 38.0 Å². The van der Waals surface area contributed by atoms with Crippen LogP contribution in [0, 0.1) is 5.92 Å². The third-order valence-electron chi connectivity index (χ3n) is 2.52. The van der Waals surface area contributed by atoms with Crippen LogP contribution < -0.4 is 0 Å². The molecule has 0 radical (unpaired) electrons. The van der Waals surface area contributed by atoms with Crippen molar-refractivity contribution in [1.29, 1.82) is 0 Å². The van der Waals surface area contributed by atoms with Crippen LogP contribution >= 0.6 is 0 Å². The van der Waals surface area contributed by atoms with Gasteiger partial charge < -0.3 is 4.90 Å². The first-order valence-corrected chi connectivity index (χ1v) is 5.33. The highest BCUT2D eigenvalue weighted by Gasteiger charge is 2.27. The van der Waals surface area contributed by atoms with Crippen LogP contribution in [0.1, 0.15) is 26.7 Å². The van der Waals surface area contributed by atoms with E-state index < -0.39 is 0 Å². The molecule has 0 saturated heterocycles. The Morgan fingerprint density at radius 2 is 2.00 bits per heavy atom. The van der Waals surface area contributed by atoms with Crippen molar-refractivity contribution >= 4 is 0 Å². The smallest absolute Gasteiger partial charge is 0.0362 e. The van der Waals surface area contributed by atoms with Gasteiger partial charge in [0.1, 0.15) is 0 Å². The number of rotatable bonds is 6. The van der Waals surface area contributed by atoms with Gasteiger partial charge in [-0.15, -0.1) is 6.58 Å². The third kappa shape index (κ3) is 3.41. The molecule has 0 aromatic carbocycles. The van der Waals surface area contributed by atoms with Gasteiger partial charge in [0.05, 0.1) is 0 Å². The fourth-order valence-electron chi connectivity index (χ4n) is 1.43. The quantitative estimate of drug-likeness (QED) is 0.582. The Morgan fingerprint density at radius 3 is 2.43 bits per heavy atom. The highest BCUT2D eigenvalue weighted by atomic mass is 15.1. The van der Waals surface area contributed by atoms with Gasteiger partial charge in [-0.2, -0.15) is 0 Å². The first kappa shape index (κ1) is 11.1. The Labute approximate surface area is 87.8 Å². The molecular weight excluding hydrogens is 170 g/mol. The molecule has 0 amide bonds. The zero-order chi connectivity index (χ0) is 10.6. The number of hydrogen-bond donors (Lipinski definition) is 0. The predicted octanol–water partition coefficient (Wildman–Crippen LogP) is 3.36. The fourth-order valence-corrected chi connectivity index (χ4v) is 1.43. The average Bonchev–Trinajstić information content (AvgIpc) is 2.93. The number of hydrogen-bond acceptors (Lipinski definition) is 1. The molecular formula is C13H21N. The molecule has 1 aliphatic carbocycles. The highest BCUT2D eigenvalue weighted by Crippen LogP contribution is 2.37. The van der Waals surface area contributed by atoms with Crippen molar-refractivity contribution in [1.82, 2.24) is 4.90 Å². The molecule has 1 nitrogen and oxygen atoms in total. The van der Waals surface area contributed by atoms with Crippen LogP contribution in [0.5, 0.6) is 0 Å². The van der Waals surface area contributed by atoms with Gasteiger partial charge in [0.2, 0.25) is 0 Å². The average molecular weight is 191 g/mol. The molecule has 14 heavy (non-hydrogen) atoms. The Hall–Kier alpha value is -0.980. The molecule has 1 saturated carbocycles. The molecule has 1 heteroatoms. The lowest BCUT2D eigenvalue weighted by Crippen LogP contribution is -2.23. The Morgan fingerprint density at radius 1 is 1.36 bits per heavy atom. The van der Waals surface area contributed by atoms with Crippen LogP contribution in [-0.2, 0) is 0 Å². The molecule has 1 aliphatic rings. The van der Waals surface area contributed by atoms with E-state index in [1.165, 1.54) is 24.1 Å². The molecule has 0 aliphatic heterocycles. The lowest BCUT2D eigenvalue weighted by Gasteiger charge is -2.24. The summed E-state index contributed by atoms with van der Waals surface area (Å²) in [5.41, 5.74) is 2.66. The summed E-state index contributed by atoms with van der Waals surface area (Å²) in [5, 5.41) is 0. The van der Waals surface area contributed by atoms with Crippen molar-refractivity contribution < 1.29 is 0 Å². The number of nitrogens with zero attached hydrogens (tertiary/aromatic N) is 1. The largest absolute Gasteiger partial charge is 0.368 e. The van der Waals surface area contributed by atoms with Crippen molar-refractivity contribution in [3.05, 3.63) is 36.6 Å². The summed E-state index contributed by atoms with van der Waals surface area (Å²) in [5.74, 6) is 0.750. The van der Waals surface area contributed by atoms with Gasteiger partial charge >= 0.3 is 0 Å². The van der Waals surface area contributed by atoms with Gasteiger partial charge in [0.25, 0.3) is 0 Å². The van der Waals surface area contributed by atoms with Gasteiger partial charge in [0, 0.05) is 18.8 Å². The minimum absolute atomic E-state index is 0.750. The van der Waals surface area contributed by atoms with Crippen LogP contribution in [0.3, 0.4) is 0 Å². The van der Waals surface area contributed by atoms with Gasteiger partial charge in [-0.25, -0.2) is 0 Å². The Bertz CT molecular complexity index is 242. The van der Waals surface area contributed by atoms with Crippen LogP contribution in [0.4, 0.5) is 0 Å². The minimum atomic E-state index is 0.750. The lowest BCUT2D eigenvalue weighted by molar-refractivity contribution is 0.399. The predicted molar refractivity (Wildman–Crippen MR) is 63.1 cm³/mol. The summed E-state index contributed by atoms with van der Waals surface area (Å²) < 4.78 is 0. The van der Waals surface area contributed by atoms with Crippen LogP contribution in [0.25, 0.3) is 0 Å². The molecule has 0 bridgehead atoms. The van der Waals surface area contributed by atoms with Crippen LogP contribution in [0.2, 0.25) is 0 Å². The van der Waals surface area contributed by atoms with E-state index in [-0.39, 0.29) is 0 Å². The van der Waals surface area contributed by atoms with E-state index in [1.54, 1.807) is 0 Å². The molecule has 1 rings (SSSR count). The van der Waals surface area contributed by atoms with E-state index in [0.29, 0.717) is 0 Å². The molecule has 0 N–H and O–H groups in total. The van der Waals surface area contributed by atoms with E-state index >= 15 is 0 Å². The van der Waals surface area contributed by atoms with E-state index in [4.69, 9.17) is 0 Å². The molecule has 0 aromatic rings. The first-order valence-electron chi connectivity index (χ1n) is 5.33. The van der Waals surface area contributed by atoms with Crippen molar-refractivity contribution in [2.75, 3.05) is 13.1 Å². The second kappa shape index (κ2) is 5.04. The molecule has 1 fully saturated rings. The fraction of sp³-hybridized carbons (Fsp3) is 0.538. The maximum absolute atomic E-state index is 4.16. The normalized spacial score (nSPS) is 14.7. The molecule has 0 aromatic heterocycles. The second-order valence-electron chi connectivity index (χ2n) is 4.24. The van der Waals surface area contributed by atoms with Gasteiger partial charge in [-0.1, -0.05) is 24.3 Å². The molecule has 0 atom stereocenters. The Kier molecular flexibility index (Phi) is 3.99. The summed E-state index contributed by atoms with van der Waals surface area (Å²) >= 11 is 0.